The lowest BCUT2D eigenvalue weighted by molar-refractivity contribution is 0.0943. The molecule has 0 radical (unpaired) electrons. The second-order valence-corrected chi connectivity index (χ2v) is 6.73. The van der Waals surface area contributed by atoms with Gasteiger partial charge in [0.15, 0.2) is 0 Å². The van der Waals surface area contributed by atoms with Crippen molar-refractivity contribution in [3.63, 3.8) is 0 Å². The molecule has 0 bridgehead atoms. The van der Waals surface area contributed by atoms with Crippen LogP contribution in [0.15, 0.2) is 79.0 Å². The van der Waals surface area contributed by atoms with Crippen LogP contribution in [0.3, 0.4) is 0 Å². The highest BCUT2D eigenvalue weighted by Crippen LogP contribution is 2.46. The van der Waals surface area contributed by atoms with Gasteiger partial charge in [-0.05, 0) is 41.5 Å². The Morgan fingerprint density at radius 2 is 1.68 bits per heavy atom. The molecule has 1 aliphatic carbocycles. The van der Waals surface area contributed by atoms with Crippen molar-refractivity contribution in [1.29, 1.82) is 0 Å². The van der Waals surface area contributed by atoms with Crippen molar-refractivity contribution in [2.45, 2.75) is 18.9 Å². The van der Waals surface area contributed by atoms with Crippen molar-refractivity contribution >= 4 is 5.91 Å². The van der Waals surface area contributed by atoms with Crippen molar-refractivity contribution in [1.82, 2.24) is 9.88 Å². The minimum absolute atomic E-state index is 0.0136. The van der Waals surface area contributed by atoms with Crippen LogP contribution in [-0.2, 0) is 6.54 Å². The first-order chi connectivity index (χ1) is 12.3. The number of carbonyl (C=O) groups excluding carboxylic acids is 1. The lowest BCUT2D eigenvalue weighted by Crippen LogP contribution is -2.28. The highest BCUT2D eigenvalue weighted by Gasteiger charge is 2.38. The van der Waals surface area contributed by atoms with Gasteiger partial charge in [-0.15, -0.1) is 0 Å². The number of carbonyl (C=O) groups is 1. The molecule has 1 aromatic heterocycles. The summed E-state index contributed by atoms with van der Waals surface area (Å²) in [5.41, 5.74) is 3.30. The van der Waals surface area contributed by atoms with Gasteiger partial charge in [-0.2, -0.15) is 0 Å². The summed E-state index contributed by atoms with van der Waals surface area (Å²) in [4.78, 5) is 12.6. The van der Waals surface area contributed by atoms with Crippen LogP contribution in [0.5, 0.6) is 0 Å². The Labute approximate surface area is 148 Å². The van der Waals surface area contributed by atoms with E-state index < -0.39 is 0 Å². The monoisotopic (exact) mass is 330 g/mol. The molecule has 1 N–H and O–H groups in total. The first-order valence-electron chi connectivity index (χ1n) is 8.83. The molecule has 1 saturated carbocycles. The Hall–Kier alpha value is -2.81. The van der Waals surface area contributed by atoms with E-state index in [-0.39, 0.29) is 5.91 Å². The van der Waals surface area contributed by atoms with Crippen LogP contribution in [0.1, 0.15) is 34.0 Å². The summed E-state index contributed by atoms with van der Waals surface area (Å²) in [5, 5.41) is 3.11. The molecule has 2 unspecified atom stereocenters. The van der Waals surface area contributed by atoms with Crippen LogP contribution in [0.4, 0.5) is 0 Å². The summed E-state index contributed by atoms with van der Waals surface area (Å²) in [6.07, 6.45) is 3.13. The van der Waals surface area contributed by atoms with E-state index in [1.807, 2.05) is 47.2 Å². The number of aromatic nitrogens is 1. The van der Waals surface area contributed by atoms with Crippen LogP contribution >= 0.6 is 0 Å². The van der Waals surface area contributed by atoms with Gasteiger partial charge in [0.1, 0.15) is 5.69 Å². The van der Waals surface area contributed by atoms with Gasteiger partial charge in [-0.3, -0.25) is 4.79 Å². The quantitative estimate of drug-likeness (QED) is 0.726. The molecule has 4 rings (SSSR count). The number of nitrogens with zero attached hydrogens (tertiary/aromatic N) is 1. The Bertz CT molecular complexity index is 839. The Morgan fingerprint density at radius 3 is 2.44 bits per heavy atom. The van der Waals surface area contributed by atoms with Gasteiger partial charge < -0.3 is 9.88 Å². The average molecular weight is 330 g/mol. The standard InChI is InChI=1S/C22H22N2O/c25-22(23-15-19-14-20(19)18-10-5-2-6-11-18)21-12-7-13-24(21)16-17-8-3-1-4-9-17/h1-13,19-20H,14-16H2,(H,23,25). The third-order valence-corrected chi connectivity index (χ3v) is 4.93. The fourth-order valence-electron chi connectivity index (χ4n) is 3.43. The van der Waals surface area contributed by atoms with Gasteiger partial charge >= 0.3 is 0 Å². The molecule has 25 heavy (non-hydrogen) atoms. The Kier molecular flexibility index (Phi) is 4.38. The fourth-order valence-corrected chi connectivity index (χ4v) is 3.43. The normalized spacial score (nSPS) is 18.7. The number of hydrogen-bond acceptors (Lipinski definition) is 1. The maximum absolute atomic E-state index is 12.6. The Balaban J connectivity index is 1.34. The molecule has 3 nitrogen and oxygen atoms in total. The van der Waals surface area contributed by atoms with Crippen molar-refractivity contribution in [2.24, 2.45) is 5.92 Å². The highest BCUT2D eigenvalue weighted by atomic mass is 16.1. The second kappa shape index (κ2) is 6.98. The first-order valence-corrected chi connectivity index (χ1v) is 8.83. The van der Waals surface area contributed by atoms with E-state index >= 15 is 0 Å². The van der Waals surface area contributed by atoms with E-state index in [2.05, 4.69) is 41.7 Å². The predicted octanol–water partition coefficient (Wildman–Crippen LogP) is 4.07. The van der Waals surface area contributed by atoms with Crippen molar-refractivity contribution in [3.05, 3.63) is 95.8 Å². The summed E-state index contributed by atoms with van der Waals surface area (Å²) in [7, 11) is 0. The van der Waals surface area contributed by atoms with E-state index in [1.165, 1.54) is 11.1 Å². The third kappa shape index (κ3) is 3.66. The first kappa shape index (κ1) is 15.7. The molecule has 1 aliphatic rings. The maximum atomic E-state index is 12.6. The van der Waals surface area contributed by atoms with Crippen molar-refractivity contribution < 1.29 is 4.79 Å². The average Bonchev–Trinajstić information content (AvgIpc) is 3.30. The van der Waals surface area contributed by atoms with Crippen molar-refractivity contribution in [2.75, 3.05) is 6.54 Å². The number of amides is 1. The molecule has 3 heteroatoms. The summed E-state index contributed by atoms with van der Waals surface area (Å²) in [6.45, 7) is 1.46. The molecule has 1 heterocycles. The molecule has 0 aliphatic heterocycles. The van der Waals surface area contributed by atoms with Gasteiger partial charge in [-0.25, -0.2) is 0 Å². The molecular formula is C22H22N2O. The van der Waals surface area contributed by atoms with Gasteiger partial charge in [0.25, 0.3) is 5.91 Å². The SMILES string of the molecule is O=C(NCC1CC1c1ccccc1)c1cccn1Cc1ccccc1. The van der Waals surface area contributed by atoms with Gasteiger partial charge in [0, 0.05) is 19.3 Å². The second-order valence-electron chi connectivity index (χ2n) is 6.73. The lowest BCUT2D eigenvalue weighted by Gasteiger charge is -2.10. The van der Waals surface area contributed by atoms with E-state index in [0.29, 0.717) is 18.4 Å². The van der Waals surface area contributed by atoms with E-state index in [0.717, 1.165) is 18.7 Å². The molecule has 2 aromatic carbocycles. The zero-order valence-electron chi connectivity index (χ0n) is 14.1. The van der Waals surface area contributed by atoms with Gasteiger partial charge in [0.05, 0.1) is 0 Å². The topological polar surface area (TPSA) is 34.0 Å². The van der Waals surface area contributed by atoms with E-state index in [9.17, 15) is 4.79 Å². The summed E-state index contributed by atoms with van der Waals surface area (Å²) in [5.74, 6) is 1.17. The lowest BCUT2D eigenvalue weighted by atomic mass is 10.1. The van der Waals surface area contributed by atoms with Crippen molar-refractivity contribution in [3.8, 4) is 0 Å². The van der Waals surface area contributed by atoms with Crippen LogP contribution in [-0.4, -0.2) is 17.0 Å². The van der Waals surface area contributed by atoms with E-state index in [1.54, 1.807) is 0 Å². The fraction of sp³-hybridized carbons (Fsp3) is 0.227. The Morgan fingerprint density at radius 1 is 0.960 bits per heavy atom. The minimum atomic E-state index is 0.0136. The van der Waals surface area contributed by atoms with Gasteiger partial charge in [-0.1, -0.05) is 60.7 Å². The van der Waals surface area contributed by atoms with Crippen LogP contribution in [0.2, 0.25) is 0 Å². The molecule has 2 atom stereocenters. The largest absolute Gasteiger partial charge is 0.350 e. The summed E-state index contributed by atoms with van der Waals surface area (Å²) in [6, 6.07) is 24.6. The molecule has 3 aromatic rings. The molecular weight excluding hydrogens is 308 g/mol. The number of nitrogens with one attached hydrogen (secondary N) is 1. The zero-order chi connectivity index (χ0) is 17.1. The van der Waals surface area contributed by atoms with Gasteiger partial charge in [0.2, 0.25) is 0 Å². The molecule has 1 fully saturated rings. The van der Waals surface area contributed by atoms with Crippen LogP contribution in [0, 0.1) is 5.92 Å². The maximum Gasteiger partial charge on any atom is 0.267 e. The predicted molar refractivity (Wildman–Crippen MR) is 99.6 cm³/mol. The van der Waals surface area contributed by atoms with Crippen LogP contribution in [0.25, 0.3) is 0 Å². The number of hydrogen-bond donors (Lipinski definition) is 1. The summed E-state index contributed by atoms with van der Waals surface area (Å²) >= 11 is 0. The molecule has 126 valence electrons. The van der Waals surface area contributed by atoms with E-state index in [4.69, 9.17) is 0 Å². The minimum Gasteiger partial charge on any atom is -0.350 e. The highest BCUT2D eigenvalue weighted by molar-refractivity contribution is 5.92. The summed E-state index contributed by atoms with van der Waals surface area (Å²) < 4.78 is 2.01. The molecule has 1 amide bonds. The number of rotatable bonds is 6. The third-order valence-electron chi connectivity index (χ3n) is 4.93. The van der Waals surface area contributed by atoms with Crippen LogP contribution < -0.4 is 5.32 Å². The number of benzene rings is 2. The smallest absolute Gasteiger partial charge is 0.267 e. The zero-order valence-corrected chi connectivity index (χ0v) is 14.1. The molecule has 0 spiro atoms. The molecule has 0 saturated heterocycles.